The first-order valence-corrected chi connectivity index (χ1v) is 5.68. The van der Waals surface area contributed by atoms with Gasteiger partial charge in [-0.1, -0.05) is 6.08 Å². The van der Waals surface area contributed by atoms with Crippen molar-refractivity contribution in [3.63, 3.8) is 0 Å². The third-order valence-electron chi connectivity index (χ3n) is 1.60. The lowest BCUT2D eigenvalue weighted by Crippen LogP contribution is -2.18. The van der Waals surface area contributed by atoms with Gasteiger partial charge in [-0.05, 0) is 12.2 Å². The highest BCUT2D eigenvalue weighted by Gasteiger charge is 2.22. The molecular weight excluding hydrogens is 218 g/mol. The van der Waals surface area contributed by atoms with Crippen molar-refractivity contribution in [2.45, 2.75) is 12.5 Å². The topological polar surface area (TPSA) is 77.3 Å². The molecule has 0 saturated carbocycles. The highest BCUT2D eigenvalue weighted by molar-refractivity contribution is 8.17. The number of rotatable bonds is 2. The van der Waals surface area contributed by atoms with Gasteiger partial charge >= 0.3 is 0 Å². The summed E-state index contributed by atoms with van der Waals surface area (Å²) in [5.41, 5.74) is 0. The average Bonchev–Trinajstić information content (AvgIpc) is 2.03. The van der Waals surface area contributed by atoms with Crippen LogP contribution in [0.15, 0.2) is 23.1 Å². The molecule has 1 rings (SSSR count). The minimum atomic E-state index is -3.75. The Balaban J connectivity index is 2.83. The van der Waals surface area contributed by atoms with Crippen molar-refractivity contribution in [3.8, 4) is 0 Å². The van der Waals surface area contributed by atoms with Crippen LogP contribution < -0.4 is 0 Å². The normalized spacial score (nSPS) is 22.5. The predicted molar refractivity (Wildman–Crippen MR) is 47.4 cm³/mol. The van der Waals surface area contributed by atoms with E-state index in [0.717, 1.165) is 6.08 Å². The summed E-state index contributed by atoms with van der Waals surface area (Å²) < 4.78 is 21.5. The van der Waals surface area contributed by atoms with Gasteiger partial charge in [0, 0.05) is 22.0 Å². The molecule has 0 bridgehead atoms. The fraction of sp³-hybridized carbons (Fsp3) is 0.333. The maximum atomic E-state index is 10.7. The van der Waals surface area contributed by atoms with Crippen molar-refractivity contribution >= 4 is 19.7 Å². The van der Waals surface area contributed by atoms with E-state index < -0.39 is 20.0 Å². The molecule has 13 heavy (non-hydrogen) atoms. The monoisotopic (exact) mass is 223 g/mol. The summed E-state index contributed by atoms with van der Waals surface area (Å²) in [7, 11) is 1.27. The molecule has 1 atom stereocenters. The molecule has 0 radical (unpaired) electrons. The summed E-state index contributed by atoms with van der Waals surface area (Å²) in [6.07, 6.45) is 3.68. The minimum absolute atomic E-state index is 0.0603. The first kappa shape index (κ1) is 10.2. The van der Waals surface area contributed by atoms with Crippen LogP contribution in [0.5, 0.6) is 0 Å². The maximum Gasteiger partial charge on any atom is 0.260 e. The van der Waals surface area contributed by atoms with Crippen LogP contribution in [0.1, 0.15) is 6.42 Å². The molecule has 1 aliphatic carbocycles. The Morgan fingerprint density at radius 3 is 2.54 bits per heavy atom. The molecule has 0 aliphatic heterocycles. The number of hydrogen-bond acceptors (Lipinski definition) is 4. The fourth-order valence-corrected chi connectivity index (χ4v) is 1.81. The SMILES string of the molecule is O=[N+]([O-])C1C=CC(S(=O)(=O)Cl)=CC1. The van der Waals surface area contributed by atoms with Gasteiger partial charge in [-0.3, -0.25) is 10.1 Å². The molecule has 1 unspecified atom stereocenters. The Morgan fingerprint density at radius 1 is 1.62 bits per heavy atom. The lowest BCUT2D eigenvalue weighted by atomic mass is 10.1. The summed E-state index contributed by atoms with van der Waals surface area (Å²) in [6, 6.07) is -0.845. The van der Waals surface area contributed by atoms with Gasteiger partial charge < -0.3 is 0 Å². The molecule has 7 heteroatoms. The highest BCUT2D eigenvalue weighted by Crippen LogP contribution is 2.20. The van der Waals surface area contributed by atoms with E-state index in [4.69, 9.17) is 10.7 Å². The molecule has 0 fully saturated rings. The van der Waals surface area contributed by atoms with E-state index in [0.29, 0.717) is 0 Å². The number of hydrogen-bond donors (Lipinski definition) is 0. The van der Waals surface area contributed by atoms with Gasteiger partial charge in [0.1, 0.15) is 0 Å². The average molecular weight is 224 g/mol. The van der Waals surface area contributed by atoms with Crippen LogP contribution in [0, 0.1) is 10.1 Å². The number of halogens is 1. The number of nitro groups is 1. The second-order valence-corrected chi connectivity index (χ2v) is 5.06. The Bertz CT molecular complexity index is 383. The van der Waals surface area contributed by atoms with E-state index in [1.807, 2.05) is 0 Å². The zero-order valence-corrected chi connectivity index (χ0v) is 7.96. The van der Waals surface area contributed by atoms with Gasteiger partial charge in [-0.15, -0.1) is 0 Å². The molecular formula is C6H6ClNO4S. The highest BCUT2D eigenvalue weighted by atomic mass is 35.7. The second-order valence-electron chi connectivity index (χ2n) is 2.49. The number of nitrogens with zero attached hydrogens (tertiary/aromatic N) is 1. The van der Waals surface area contributed by atoms with Gasteiger partial charge in [0.05, 0.1) is 4.91 Å². The zero-order valence-electron chi connectivity index (χ0n) is 6.38. The third kappa shape index (κ3) is 2.53. The van der Waals surface area contributed by atoms with Crippen molar-refractivity contribution in [2.75, 3.05) is 0 Å². The minimum Gasteiger partial charge on any atom is -0.264 e. The van der Waals surface area contributed by atoms with E-state index in [-0.39, 0.29) is 11.3 Å². The van der Waals surface area contributed by atoms with Crippen molar-refractivity contribution in [1.82, 2.24) is 0 Å². The molecule has 0 amide bonds. The lowest BCUT2D eigenvalue weighted by molar-refractivity contribution is -0.508. The van der Waals surface area contributed by atoms with Crippen LogP contribution in [0.25, 0.3) is 0 Å². The van der Waals surface area contributed by atoms with Crippen LogP contribution in [0.4, 0.5) is 0 Å². The molecule has 0 aromatic heterocycles. The fourth-order valence-electron chi connectivity index (χ4n) is 0.927. The van der Waals surface area contributed by atoms with E-state index >= 15 is 0 Å². The molecule has 1 aliphatic rings. The molecule has 0 heterocycles. The van der Waals surface area contributed by atoms with Crippen LogP contribution in [-0.2, 0) is 9.05 Å². The molecule has 0 spiro atoms. The van der Waals surface area contributed by atoms with E-state index in [1.165, 1.54) is 12.2 Å². The smallest absolute Gasteiger partial charge is 0.260 e. The molecule has 0 aromatic rings. The van der Waals surface area contributed by atoms with Crippen LogP contribution in [0.3, 0.4) is 0 Å². The first-order valence-electron chi connectivity index (χ1n) is 3.38. The van der Waals surface area contributed by atoms with Crippen LogP contribution in [0.2, 0.25) is 0 Å². The van der Waals surface area contributed by atoms with Gasteiger partial charge in [0.15, 0.2) is 0 Å². The van der Waals surface area contributed by atoms with Crippen molar-refractivity contribution < 1.29 is 13.3 Å². The first-order chi connectivity index (χ1) is 5.91. The Labute approximate surface area is 79.3 Å². The zero-order chi connectivity index (χ0) is 10.1. The van der Waals surface area contributed by atoms with Crippen LogP contribution in [-0.4, -0.2) is 19.4 Å². The Morgan fingerprint density at radius 2 is 2.23 bits per heavy atom. The molecule has 0 aromatic carbocycles. The van der Waals surface area contributed by atoms with Crippen molar-refractivity contribution in [1.29, 1.82) is 0 Å². The van der Waals surface area contributed by atoms with E-state index in [9.17, 15) is 18.5 Å². The third-order valence-corrected chi connectivity index (χ3v) is 3.00. The predicted octanol–water partition coefficient (Wildman–Crippen LogP) is 1.04. The molecule has 0 saturated heterocycles. The van der Waals surface area contributed by atoms with Gasteiger partial charge in [0.25, 0.3) is 9.05 Å². The van der Waals surface area contributed by atoms with Crippen molar-refractivity contribution in [3.05, 3.63) is 33.2 Å². The van der Waals surface area contributed by atoms with Gasteiger partial charge in [-0.2, -0.15) is 0 Å². The van der Waals surface area contributed by atoms with E-state index in [1.54, 1.807) is 0 Å². The van der Waals surface area contributed by atoms with Gasteiger partial charge in [-0.25, -0.2) is 8.42 Å². The van der Waals surface area contributed by atoms with Crippen molar-refractivity contribution in [2.24, 2.45) is 0 Å². The molecule has 5 nitrogen and oxygen atoms in total. The molecule has 72 valence electrons. The summed E-state index contributed by atoms with van der Waals surface area (Å²) in [5.74, 6) is 0. The summed E-state index contributed by atoms with van der Waals surface area (Å²) in [5, 5.41) is 10.3. The summed E-state index contributed by atoms with van der Waals surface area (Å²) in [4.78, 5) is 9.70. The van der Waals surface area contributed by atoms with Gasteiger partial charge in [0.2, 0.25) is 6.04 Å². The quantitative estimate of drug-likeness (QED) is 0.398. The van der Waals surface area contributed by atoms with Crippen LogP contribution >= 0.6 is 10.7 Å². The molecule has 0 N–H and O–H groups in total. The summed E-state index contributed by atoms with van der Waals surface area (Å²) >= 11 is 0. The second kappa shape index (κ2) is 3.47. The number of allylic oxidation sites excluding steroid dienone is 1. The standard InChI is InChI=1S/C6H6ClNO4S/c7-13(11,12)6-3-1-5(2-4-6)8(9)10/h1,3-5H,2H2. The Hall–Kier alpha value is -0.880. The largest absolute Gasteiger partial charge is 0.264 e. The lowest BCUT2D eigenvalue weighted by Gasteiger charge is -2.07. The Kier molecular flexibility index (Phi) is 2.72. The maximum absolute atomic E-state index is 10.7. The summed E-state index contributed by atoms with van der Waals surface area (Å²) in [6.45, 7) is 0. The van der Waals surface area contributed by atoms with E-state index in [2.05, 4.69) is 0 Å².